The van der Waals surface area contributed by atoms with E-state index in [0.29, 0.717) is 0 Å². The highest BCUT2D eigenvalue weighted by atomic mass is 14.8. The van der Waals surface area contributed by atoms with E-state index in [0.717, 1.165) is 17.3 Å². The standard InChI is InChI=1S/C9H14/c1-5-3-6(5)9(2)7-4-8(7)9/h5-8H,3-4H2,1-2H3. The van der Waals surface area contributed by atoms with E-state index in [2.05, 4.69) is 13.8 Å². The lowest BCUT2D eigenvalue weighted by Gasteiger charge is -2.14. The molecule has 0 heteroatoms. The van der Waals surface area contributed by atoms with E-state index in [9.17, 15) is 0 Å². The fraction of sp³-hybridized carbons (Fsp3) is 1.00. The summed E-state index contributed by atoms with van der Waals surface area (Å²) in [4.78, 5) is 0. The third-order valence-electron chi connectivity index (χ3n) is 4.19. The fourth-order valence-corrected chi connectivity index (χ4v) is 3.00. The van der Waals surface area contributed by atoms with E-state index < -0.39 is 0 Å². The van der Waals surface area contributed by atoms with Crippen LogP contribution in [0.4, 0.5) is 0 Å². The topological polar surface area (TPSA) is 0 Å². The molecular weight excluding hydrogens is 108 g/mol. The van der Waals surface area contributed by atoms with Crippen molar-refractivity contribution in [1.82, 2.24) is 0 Å². The first-order valence-corrected chi connectivity index (χ1v) is 4.24. The van der Waals surface area contributed by atoms with E-state index in [4.69, 9.17) is 0 Å². The van der Waals surface area contributed by atoms with Crippen LogP contribution in [0, 0.1) is 29.1 Å². The summed E-state index contributed by atoms with van der Waals surface area (Å²) in [6, 6.07) is 0. The average Bonchev–Trinajstić information content (AvgIpc) is 2.57. The van der Waals surface area contributed by atoms with Crippen molar-refractivity contribution in [2.24, 2.45) is 29.1 Å². The Morgan fingerprint density at radius 2 is 1.67 bits per heavy atom. The van der Waals surface area contributed by atoms with Gasteiger partial charge in [0.1, 0.15) is 0 Å². The van der Waals surface area contributed by atoms with Gasteiger partial charge >= 0.3 is 0 Å². The van der Waals surface area contributed by atoms with Crippen LogP contribution >= 0.6 is 0 Å². The van der Waals surface area contributed by atoms with Gasteiger partial charge in [-0.2, -0.15) is 0 Å². The first-order chi connectivity index (χ1) is 4.24. The van der Waals surface area contributed by atoms with Crippen LogP contribution < -0.4 is 0 Å². The van der Waals surface area contributed by atoms with Crippen molar-refractivity contribution in [1.29, 1.82) is 0 Å². The van der Waals surface area contributed by atoms with Crippen LogP contribution in [-0.4, -0.2) is 0 Å². The lowest BCUT2D eigenvalue weighted by Crippen LogP contribution is -2.08. The van der Waals surface area contributed by atoms with Gasteiger partial charge in [0.15, 0.2) is 0 Å². The number of fused-ring (bicyclic) bond motifs is 1. The quantitative estimate of drug-likeness (QED) is 0.500. The van der Waals surface area contributed by atoms with Crippen molar-refractivity contribution >= 4 is 0 Å². The zero-order chi connectivity index (χ0) is 6.22. The molecule has 0 bridgehead atoms. The monoisotopic (exact) mass is 122 g/mol. The van der Waals surface area contributed by atoms with E-state index >= 15 is 0 Å². The Hall–Kier alpha value is 0. The van der Waals surface area contributed by atoms with Crippen molar-refractivity contribution in [3.8, 4) is 0 Å². The number of rotatable bonds is 1. The number of hydrogen-bond donors (Lipinski definition) is 0. The molecule has 0 amide bonds. The summed E-state index contributed by atoms with van der Waals surface area (Å²) >= 11 is 0. The fourth-order valence-electron chi connectivity index (χ4n) is 3.00. The molecule has 0 nitrogen and oxygen atoms in total. The SMILES string of the molecule is CC1CC1C1(C)C2CC21. The Labute approximate surface area is 56.6 Å². The molecule has 3 saturated carbocycles. The summed E-state index contributed by atoms with van der Waals surface area (Å²) < 4.78 is 0. The minimum Gasteiger partial charge on any atom is -0.0622 e. The summed E-state index contributed by atoms with van der Waals surface area (Å²) in [5.41, 5.74) is 0.888. The molecule has 0 heterocycles. The predicted molar refractivity (Wildman–Crippen MR) is 37.0 cm³/mol. The molecule has 3 fully saturated rings. The molecule has 0 aromatic heterocycles. The molecule has 0 aromatic rings. The molecular formula is C9H14. The molecule has 0 spiro atoms. The maximum absolute atomic E-state index is 2.51. The molecule has 0 saturated heterocycles. The van der Waals surface area contributed by atoms with Crippen LogP contribution in [0.1, 0.15) is 26.7 Å². The molecule has 0 aromatic carbocycles. The van der Waals surface area contributed by atoms with Gasteiger partial charge in [0, 0.05) is 0 Å². The molecule has 4 unspecified atom stereocenters. The summed E-state index contributed by atoms with van der Waals surface area (Å²) in [5.74, 6) is 4.64. The third kappa shape index (κ3) is 0.367. The zero-order valence-electron chi connectivity index (χ0n) is 6.22. The van der Waals surface area contributed by atoms with Crippen LogP contribution in [0.15, 0.2) is 0 Å². The Kier molecular flexibility index (Phi) is 0.518. The van der Waals surface area contributed by atoms with Crippen molar-refractivity contribution < 1.29 is 0 Å². The van der Waals surface area contributed by atoms with Gasteiger partial charge in [0.2, 0.25) is 0 Å². The molecule has 3 aliphatic carbocycles. The Morgan fingerprint density at radius 3 is 1.78 bits per heavy atom. The molecule has 3 rings (SSSR count). The number of hydrogen-bond acceptors (Lipinski definition) is 0. The molecule has 50 valence electrons. The van der Waals surface area contributed by atoms with Crippen molar-refractivity contribution in [2.45, 2.75) is 26.7 Å². The summed E-state index contributed by atoms with van der Waals surface area (Å²) in [6.07, 6.45) is 3.13. The van der Waals surface area contributed by atoms with E-state index in [1.54, 1.807) is 12.8 Å². The Morgan fingerprint density at radius 1 is 1.11 bits per heavy atom. The predicted octanol–water partition coefficient (Wildman–Crippen LogP) is 2.30. The minimum absolute atomic E-state index is 0.888. The highest BCUT2D eigenvalue weighted by Crippen LogP contribution is 2.84. The van der Waals surface area contributed by atoms with E-state index in [1.165, 1.54) is 11.8 Å². The van der Waals surface area contributed by atoms with Gasteiger partial charge in [-0.25, -0.2) is 0 Å². The average molecular weight is 122 g/mol. The first kappa shape index (κ1) is 4.76. The smallest absolute Gasteiger partial charge is 0.0232 e. The second-order valence-electron chi connectivity index (χ2n) is 4.63. The Bertz CT molecular complexity index is 163. The van der Waals surface area contributed by atoms with Gasteiger partial charge in [-0.1, -0.05) is 13.8 Å². The third-order valence-corrected chi connectivity index (χ3v) is 4.19. The maximum atomic E-state index is 2.51. The van der Waals surface area contributed by atoms with Crippen LogP contribution in [0.3, 0.4) is 0 Å². The van der Waals surface area contributed by atoms with Gasteiger partial charge in [0.25, 0.3) is 0 Å². The van der Waals surface area contributed by atoms with Crippen LogP contribution in [0.2, 0.25) is 0 Å². The van der Waals surface area contributed by atoms with Gasteiger partial charge < -0.3 is 0 Å². The van der Waals surface area contributed by atoms with Gasteiger partial charge in [-0.3, -0.25) is 0 Å². The maximum Gasteiger partial charge on any atom is -0.0232 e. The normalized spacial score (nSPS) is 75.3. The minimum atomic E-state index is 0.888. The molecule has 4 atom stereocenters. The molecule has 0 radical (unpaired) electrons. The highest BCUT2D eigenvalue weighted by molar-refractivity contribution is 5.26. The van der Waals surface area contributed by atoms with E-state index in [1.807, 2.05) is 0 Å². The van der Waals surface area contributed by atoms with Crippen molar-refractivity contribution in [2.75, 3.05) is 0 Å². The summed E-state index contributed by atoms with van der Waals surface area (Å²) in [7, 11) is 0. The second kappa shape index (κ2) is 0.980. The van der Waals surface area contributed by atoms with Crippen molar-refractivity contribution in [3.05, 3.63) is 0 Å². The van der Waals surface area contributed by atoms with Crippen LogP contribution in [-0.2, 0) is 0 Å². The van der Waals surface area contributed by atoms with Crippen LogP contribution in [0.5, 0.6) is 0 Å². The highest BCUT2D eigenvalue weighted by Gasteiger charge is 2.78. The second-order valence-corrected chi connectivity index (χ2v) is 4.63. The van der Waals surface area contributed by atoms with Gasteiger partial charge in [-0.15, -0.1) is 0 Å². The van der Waals surface area contributed by atoms with Gasteiger partial charge in [-0.05, 0) is 41.9 Å². The van der Waals surface area contributed by atoms with E-state index in [-0.39, 0.29) is 0 Å². The lowest BCUT2D eigenvalue weighted by atomic mass is 9.90. The zero-order valence-corrected chi connectivity index (χ0v) is 6.22. The molecule has 0 N–H and O–H groups in total. The van der Waals surface area contributed by atoms with Gasteiger partial charge in [0.05, 0.1) is 0 Å². The molecule has 9 heavy (non-hydrogen) atoms. The molecule has 0 aliphatic heterocycles. The first-order valence-electron chi connectivity index (χ1n) is 4.24. The Balaban J connectivity index is 1.80. The molecule has 3 aliphatic rings. The summed E-state index contributed by atoms with van der Waals surface area (Å²) in [5, 5.41) is 0. The lowest BCUT2D eigenvalue weighted by molar-refractivity contribution is 0.335. The summed E-state index contributed by atoms with van der Waals surface area (Å²) in [6.45, 7) is 4.92. The van der Waals surface area contributed by atoms with Crippen molar-refractivity contribution in [3.63, 3.8) is 0 Å². The van der Waals surface area contributed by atoms with Crippen LogP contribution in [0.25, 0.3) is 0 Å². The largest absolute Gasteiger partial charge is 0.0622 e.